The zero-order valence-corrected chi connectivity index (χ0v) is 11.1. The number of halogens is 3. The van der Waals surface area contributed by atoms with E-state index in [1.807, 2.05) is 0 Å². The van der Waals surface area contributed by atoms with Gasteiger partial charge in [0.25, 0.3) is 11.8 Å². The molecule has 2 amide bonds. The van der Waals surface area contributed by atoms with E-state index in [4.69, 9.17) is 0 Å². The van der Waals surface area contributed by atoms with Crippen LogP contribution in [-0.4, -0.2) is 18.1 Å². The van der Waals surface area contributed by atoms with E-state index in [1.165, 1.54) is 24.3 Å². The number of nitrogens with one attached hydrogen (secondary N) is 2. The number of para-hydroxylation sites is 1. The third-order valence-corrected chi connectivity index (χ3v) is 2.71. The Balaban J connectivity index is 2.22. The molecule has 2 aromatic rings. The van der Waals surface area contributed by atoms with Crippen molar-refractivity contribution in [3.05, 3.63) is 65.7 Å². The number of amides is 2. The second-order valence-electron chi connectivity index (χ2n) is 4.32. The van der Waals surface area contributed by atoms with Gasteiger partial charge in [0.05, 0.1) is 11.3 Å². The maximum absolute atomic E-state index is 12.2. The molecule has 0 saturated carbocycles. The zero-order valence-electron chi connectivity index (χ0n) is 11.1. The molecule has 2 rings (SSSR count). The molecule has 0 aliphatic rings. The summed E-state index contributed by atoms with van der Waals surface area (Å²) >= 11 is 0. The van der Waals surface area contributed by atoms with E-state index in [0.717, 1.165) is 5.32 Å². The first-order valence-corrected chi connectivity index (χ1v) is 6.21. The predicted octanol–water partition coefficient (Wildman–Crippen LogP) is 3.19. The average molecular weight is 308 g/mol. The fourth-order valence-corrected chi connectivity index (χ4v) is 1.77. The molecule has 2 N–H and O–H groups in total. The van der Waals surface area contributed by atoms with Crippen molar-refractivity contribution in [3.63, 3.8) is 0 Å². The average Bonchev–Trinajstić information content (AvgIpc) is 2.47. The molecule has 7 heteroatoms. The van der Waals surface area contributed by atoms with Gasteiger partial charge in [-0.3, -0.25) is 14.9 Å². The molecule has 0 unspecified atom stereocenters. The van der Waals surface area contributed by atoms with Gasteiger partial charge in [0.1, 0.15) is 0 Å². The van der Waals surface area contributed by atoms with Crippen molar-refractivity contribution in [2.24, 2.45) is 0 Å². The number of hydrogen-bond donors (Lipinski definition) is 2. The van der Waals surface area contributed by atoms with Crippen molar-refractivity contribution < 1.29 is 22.8 Å². The van der Waals surface area contributed by atoms with Crippen molar-refractivity contribution in [2.75, 3.05) is 5.32 Å². The molecule has 2 aromatic carbocycles. The second kappa shape index (κ2) is 6.30. The zero-order chi connectivity index (χ0) is 16.2. The summed E-state index contributed by atoms with van der Waals surface area (Å²) in [7, 11) is 0. The summed E-state index contributed by atoms with van der Waals surface area (Å²) in [5.41, 5.74) is 0.0516. The van der Waals surface area contributed by atoms with Crippen molar-refractivity contribution in [1.29, 1.82) is 0 Å². The molecule has 0 fully saturated rings. The van der Waals surface area contributed by atoms with E-state index < -0.39 is 18.1 Å². The fraction of sp³-hybridized carbons (Fsp3) is 0.0667. The summed E-state index contributed by atoms with van der Waals surface area (Å²) in [4.78, 5) is 23.6. The van der Waals surface area contributed by atoms with Crippen LogP contribution in [0.2, 0.25) is 0 Å². The van der Waals surface area contributed by atoms with Crippen LogP contribution in [0.5, 0.6) is 0 Å². The normalized spacial score (nSPS) is 10.9. The minimum atomic E-state index is -4.84. The molecular weight excluding hydrogens is 297 g/mol. The van der Waals surface area contributed by atoms with Gasteiger partial charge < -0.3 is 5.32 Å². The maximum Gasteiger partial charge on any atom is 0.484 e. The Bertz CT molecular complexity index is 685. The minimum Gasteiger partial charge on any atom is -0.321 e. The molecule has 0 atom stereocenters. The third-order valence-electron chi connectivity index (χ3n) is 2.71. The summed E-state index contributed by atoms with van der Waals surface area (Å²) in [5, 5.41) is 3.32. The van der Waals surface area contributed by atoms with Crippen LogP contribution in [0.1, 0.15) is 20.7 Å². The molecule has 0 aromatic heterocycles. The molecule has 0 saturated heterocycles. The van der Waals surface area contributed by atoms with Gasteiger partial charge in [-0.15, -0.1) is 0 Å². The maximum atomic E-state index is 12.2. The van der Waals surface area contributed by atoms with Crippen LogP contribution < -0.4 is 10.6 Å². The number of anilines is 1. The van der Waals surface area contributed by atoms with E-state index in [0.29, 0.717) is 5.56 Å². The van der Waals surface area contributed by atoms with Crippen LogP contribution in [-0.2, 0) is 0 Å². The van der Waals surface area contributed by atoms with Gasteiger partial charge >= 0.3 is 6.30 Å². The first kappa shape index (κ1) is 15.6. The van der Waals surface area contributed by atoms with Crippen LogP contribution in [0.25, 0.3) is 0 Å². The van der Waals surface area contributed by atoms with E-state index >= 15 is 0 Å². The molecule has 0 radical (unpaired) electrons. The SMILES string of the molecule is O=C(Nc1ccccc1C(=O)NC(F)(F)F)c1ccccc1. The van der Waals surface area contributed by atoms with Crippen LogP contribution in [0.3, 0.4) is 0 Å². The van der Waals surface area contributed by atoms with Crippen LogP contribution in [0.15, 0.2) is 54.6 Å². The fourth-order valence-electron chi connectivity index (χ4n) is 1.77. The molecule has 0 bridgehead atoms. The second-order valence-corrected chi connectivity index (χ2v) is 4.32. The van der Waals surface area contributed by atoms with Crippen molar-refractivity contribution in [1.82, 2.24) is 5.32 Å². The number of alkyl halides is 3. The molecule has 4 nitrogen and oxygen atoms in total. The monoisotopic (exact) mass is 308 g/mol. The van der Waals surface area contributed by atoms with Gasteiger partial charge in [-0.25, -0.2) is 0 Å². The largest absolute Gasteiger partial charge is 0.484 e. The van der Waals surface area contributed by atoms with Crippen LogP contribution in [0, 0.1) is 0 Å². The Kier molecular flexibility index (Phi) is 4.45. The van der Waals surface area contributed by atoms with Gasteiger partial charge in [0.2, 0.25) is 0 Å². The highest BCUT2D eigenvalue weighted by Gasteiger charge is 2.31. The molecule has 0 aliphatic carbocycles. The molecular formula is C15H11F3N2O2. The van der Waals surface area contributed by atoms with Gasteiger partial charge in [0.15, 0.2) is 0 Å². The van der Waals surface area contributed by atoms with Crippen LogP contribution >= 0.6 is 0 Å². The van der Waals surface area contributed by atoms with E-state index in [9.17, 15) is 22.8 Å². The first-order chi connectivity index (χ1) is 10.4. The Morgan fingerprint density at radius 2 is 1.41 bits per heavy atom. The van der Waals surface area contributed by atoms with Crippen molar-refractivity contribution >= 4 is 17.5 Å². The molecule has 0 spiro atoms. The first-order valence-electron chi connectivity index (χ1n) is 6.21. The topological polar surface area (TPSA) is 58.2 Å². The highest BCUT2D eigenvalue weighted by atomic mass is 19.4. The van der Waals surface area contributed by atoms with E-state index in [-0.39, 0.29) is 11.3 Å². The Morgan fingerprint density at radius 3 is 2.05 bits per heavy atom. The van der Waals surface area contributed by atoms with Gasteiger partial charge in [0, 0.05) is 5.56 Å². The predicted molar refractivity (Wildman–Crippen MR) is 74.4 cm³/mol. The van der Waals surface area contributed by atoms with Gasteiger partial charge in [-0.05, 0) is 24.3 Å². The van der Waals surface area contributed by atoms with Crippen LogP contribution in [0.4, 0.5) is 18.9 Å². The number of carbonyl (C=O) groups is 2. The third kappa shape index (κ3) is 4.08. The summed E-state index contributed by atoms with van der Waals surface area (Å²) in [6.07, 6.45) is -4.84. The standard InChI is InChI=1S/C15H11F3N2O2/c16-15(17,18)20-14(22)11-8-4-5-9-12(11)19-13(21)10-6-2-1-3-7-10/h1-9H,(H,19,21)(H,20,22). The summed E-state index contributed by atoms with van der Waals surface area (Å²) < 4.78 is 36.7. The lowest BCUT2D eigenvalue weighted by Gasteiger charge is -2.12. The molecule has 0 aliphatic heterocycles. The molecule has 0 heterocycles. The highest BCUT2D eigenvalue weighted by Crippen LogP contribution is 2.18. The minimum absolute atomic E-state index is 0.00176. The molecule has 114 valence electrons. The highest BCUT2D eigenvalue weighted by molar-refractivity contribution is 6.09. The van der Waals surface area contributed by atoms with Crippen molar-refractivity contribution in [2.45, 2.75) is 6.30 Å². The van der Waals surface area contributed by atoms with E-state index in [1.54, 1.807) is 30.3 Å². The molecule has 22 heavy (non-hydrogen) atoms. The lowest BCUT2D eigenvalue weighted by Crippen LogP contribution is -2.37. The Hall–Kier alpha value is -2.83. The quantitative estimate of drug-likeness (QED) is 0.856. The lowest BCUT2D eigenvalue weighted by molar-refractivity contribution is -0.146. The Morgan fingerprint density at radius 1 is 0.818 bits per heavy atom. The number of benzene rings is 2. The van der Waals surface area contributed by atoms with Gasteiger partial charge in [-0.1, -0.05) is 30.3 Å². The lowest BCUT2D eigenvalue weighted by atomic mass is 10.1. The smallest absolute Gasteiger partial charge is 0.321 e. The summed E-state index contributed by atoms with van der Waals surface area (Å²) in [5.74, 6) is -1.86. The number of rotatable bonds is 3. The summed E-state index contributed by atoms with van der Waals surface area (Å²) in [6.45, 7) is 0. The number of hydrogen-bond acceptors (Lipinski definition) is 2. The van der Waals surface area contributed by atoms with E-state index in [2.05, 4.69) is 5.32 Å². The van der Waals surface area contributed by atoms with Gasteiger partial charge in [-0.2, -0.15) is 13.2 Å². The Labute approximate surface area is 124 Å². The van der Waals surface area contributed by atoms with Crippen molar-refractivity contribution in [3.8, 4) is 0 Å². The number of carbonyl (C=O) groups excluding carboxylic acids is 2. The summed E-state index contributed by atoms with van der Waals surface area (Å²) in [6, 6.07) is 13.6.